The SMILES string of the molecule is CCCC[C@@]1(C)NC(=O)N(CC(=O)OCC(=O)Nc2cc(OC)ccc2OC)C1=O. The van der Waals surface area contributed by atoms with Crippen LogP contribution < -0.4 is 20.1 Å². The Bertz CT molecular complexity index is 827. The van der Waals surface area contributed by atoms with Gasteiger partial charge in [0.15, 0.2) is 6.61 Å². The van der Waals surface area contributed by atoms with Crippen molar-refractivity contribution in [3.63, 3.8) is 0 Å². The van der Waals surface area contributed by atoms with Gasteiger partial charge < -0.3 is 24.8 Å². The van der Waals surface area contributed by atoms with Gasteiger partial charge in [0, 0.05) is 6.07 Å². The predicted molar refractivity (Wildman–Crippen MR) is 107 cm³/mol. The summed E-state index contributed by atoms with van der Waals surface area (Å²) in [6.07, 6.45) is 2.10. The number of nitrogens with zero attached hydrogens (tertiary/aromatic N) is 1. The first kappa shape index (κ1) is 23.0. The van der Waals surface area contributed by atoms with Crippen molar-refractivity contribution >= 4 is 29.5 Å². The molecule has 0 bridgehead atoms. The second-order valence-electron chi connectivity index (χ2n) is 7.03. The van der Waals surface area contributed by atoms with E-state index in [1.807, 2.05) is 6.92 Å². The van der Waals surface area contributed by atoms with E-state index >= 15 is 0 Å². The number of carbonyl (C=O) groups excluding carboxylic acids is 4. The number of nitrogens with one attached hydrogen (secondary N) is 2. The Labute approximate surface area is 174 Å². The quantitative estimate of drug-likeness (QED) is 0.435. The molecule has 0 aromatic heterocycles. The van der Waals surface area contributed by atoms with Crippen LogP contribution in [0.4, 0.5) is 10.5 Å². The Kier molecular flexibility index (Phi) is 7.62. The number of esters is 1. The molecule has 4 amide bonds. The van der Waals surface area contributed by atoms with Gasteiger partial charge in [-0.1, -0.05) is 19.8 Å². The normalized spacial score (nSPS) is 18.1. The molecule has 1 aromatic rings. The highest BCUT2D eigenvalue weighted by Crippen LogP contribution is 2.28. The molecule has 1 aliphatic rings. The van der Waals surface area contributed by atoms with E-state index in [4.69, 9.17) is 14.2 Å². The number of carbonyl (C=O) groups is 4. The van der Waals surface area contributed by atoms with Crippen molar-refractivity contribution < 1.29 is 33.4 Å². The topological polar surface area (TPSA) is 123 Å². The van der Waals surface area contributed by atoms with E-state index in [-0.39, 0.29) is 0 Å². The van der Waals surface area contributed by atoms with Crippen molar-refractivity contribution in [1.29, 1.82) is 0 Å². The molecular weight excluding hydrogens is 394 g/mol. The maximum Gasteiger partial charge on any atom is 0.326 e. The van der Waals surface area contributed by atoms with Crippen molar-refractivity contribution in [2.24, 2.45) is 0 Å². The fourth-order valence-corrected chi connectivity index (χ4v) is 3.01. The van der Waals surface area contributed by atoms with Crippen molar-refractivity contribution in [2.75, 3.05) is 32.7 Å². The summed E-state index contributed by atoms with van der Waals surface area (Å²) in [4.78, 5) is 49.6. The molecule has 0 spiro atoms. The summed E-state index contributed by atoms with van der Waals surface area (Å²) >= 11 is 0. The molecule has 164 valence electrons. The monoisotopic (exact) mass is 421 g/mol. The molecular formula is C20H27N3O7. The van der Waals surface area contributed by atoms with Gasteiger partial charge in [-0.15, -0.1) is 0 Å². The highest BCUT2D eigenvalue weighted by atomic mass is 16.5. The first-order valence-corrected chi connectivity index (χ1v) is 9.55. The first-order valence-electron chi connectivity index (χ1n) is 9.55. The van der Waals surface area contributed by atoms with E-state index in [2.05, 4.69) is 10.6 Å². The molecule has 1 atom stereocenters. The van der Waals surface area contributed by atoms with Gasteiger partial charge in [-0.2, -0.15) is 0 Å². The van der Waals surface area contributed by atoms with Crippen LogP contribution in [0.1, 0.15) is 33.1 Å². The average molecular weight is 421 g/mol. The maximum atomic E-state index is 12.5. The van der Waals surface area contributed by atoms with Gasteiger partial charge in [-0.3, -0.25) is 19.3 Å². The van der Waals surface area contributed by atoms with Crippen LogP contribution in [0.5, 0.6) is 11.5 Å². The smallest absolute Gasteiger partial charge is 0.326 e. The first-order chi connectivity index (χ1) is 14.2. The highest BCUT2D eigenvalue weighted by Gasteiger charge is 2.47. The summed E-state index contributed by atoms with van der Waals surface area (Å²) in [7, 11) is 2.93. The summed E-state index contributed by atoms with van der Waals surface area (Å²) in [6, 6.07) is 4.19. The second kappa shape index (κ2) is 9.95. The average Bonchev–Trinajstić information content (AvgIpc) is 2.94. The molecule has 1 fully saturated rings. The molecule has 30 heavy (non-hydrogen) atoms. The largest absolute Gasteiger partial charge is 0.497 e. The lowest BCUT2D eigenvalue weighted by atomic mass is 9.95. The molecule has 1 saturated heterocycles. The Morgan fingerprint density at radius 1 is 1.20 bits per heavy atom. The van der Waals surface area contributed by atoms with Gasteiger partial charge >= 0.3 is 12.0 Å². The number of benzene rings is 1. The van der Waals surface area contributed by atoms with Crippen LogP contribution in [0, 0.1) is 0 Å². The number of rotatable bonds is 10. The number of imide groups is 1. The zero-order valence-electron chi connectivity index (χ0n) is 17.6. The number of methoxy groups -OCH3 is 2. The molecule has 10 nitrogen and oxygen atoms in total. The third-order valence-corrected chi connectivity index (χ3v) is 4.71. The molecule has 0 radical (unpaired) electrons. The van der Waals surface area contributed by atoms with Crippen LogP contribution in [0.15, 0.2) is 18.2 Å². The molecule has 1 aromatic carbocycles. The standard InChI is InChI=1S/C20H27N3O7/c1-5-6-9-20(2)18(26)23(19(27)22-20)11-17(25)30-12-16(24)21-14-10-13(28-3)7-8-15(14)29-4/h7-8,10H,5-6,9,11-12H2,1-4H3,(H,21,24)(H,22,27)/t20-/m1/s1. The lowest BCUT2D eigenvalue weighted by Gasteiger charge is -2.21. The molecule has 2 rings (SSSR count). The number of urea groups is 1. The Morgan fingerprint density at radius 2 is 1.93 bits per heavy atom. The second-order valence-corrected chi connectivity index (χ2v) is 7.03. The molecule has 1 heterocycles. The highest BCUT2D eigenvalue weighted by molar-refractivity contribution is 6.08. The van der Waals surface area contributed by atoms with E-state index in [0.717, 1.165) is 17.7 Å². The van der Waals surface area contributed by atoms with Gasteiger partial charge in [0.05, 0.1) is 19.9 Å². The molecule has 0 aliphatic carbocycles. The summed E-state index contributed by atoms with van der Waals surface area (Å²) in [5.74, 6) is -1.05. The minimum Gasteiger partial charge on any atom is -0.497 e. The molecule has 1 aliphatic heterocycles. The van der Waals surface area contributed by atoms with Gasteiger partial charge in [0.25, 0.3) is 11.8 Å². The Balaban J connectivity index is 1.90. The number of amides is 4. The predicted octanol–water partition coefficient (Wildman–Crippen LogP) is 1.69. The Hall–Kier alpha value is -3.30. The maximum absolute atomic E-state index is 12.5. The molecule has 2 N–H and O–H groups in total. The van der Waals surface area contributed by atoms with Gasteiger partial charge in [-0.25, -0.2) is 4.79 Å². The third kappa shape index (κ3) is 5.40. The van der Waals surface area contributed by atoms with E-state index in [1.165, 1.54) is 14.2 Å². The summed E-state index contributed by atoms with van der Waals surface area (Å²) in [5.41, 5.74) is -0.688. The number of ether oxygens (including phenoxy) is 3. The van der Waals surface area contributed by atoms with Gasteiger partial charge in [0.1, 0.15) is 23.6 Å². The number of anilines is 1. The van der Waals surface area contributed by atoms with Crippen LogP contribution in [0.3, 0.4) is 0 Å². The zero-order valence-corrected chi connectivity index (χ0v) is 17.6. The van der Waals surface area contributed by atoms with Gasteiger partial charge in [-0.05, 0) is 25.5 Å². The number of unbranched alkanes of at least 4 members (excludes halogenated alkanes) is 1. The summed E-state index contributed by atoms with van der Waals surface area (Å²) in [5, 5.41) is 5.17. The lowest BCUT2D eigenvalue weighted by Crippen LogP contribution is -2.44. The van der Waals surface area contributed by atoms with Crippen LogP contribution in [0.2, 0.25) is 0 Å². The molecule has 0 unspecified atom stereocenters. The van der Waals surface area contributed by atoms with Crippen LogP contribution in [0.25, 0.3) is 0 Å². The van der Waals surface area contributed by atoms with E-state index in [1.54, 1.807) is 25.1 Å². The summed E-state index contributed by atoms with van der Waals surface area (Å²) < 4.78 is 15.2. The van der Waals surface area contributed by atoms with Crippen molar-refractivity contribution in [3.8, 4) is 11.5 Å². The molecule has 0 saturated carbocycles. The third-order valence-electron chi connectivity index (χ3n) is 4.71. The van der Waals surface area contributed by atoms with Crippen molar-refractivity contribution in [1.82, 2.24) is 10.2 Å². The zero-order chi connectivity index (χ0) is 22.3. The number of hydrogen-bond donors (Lipinski definition) is 2. The minimum absolute atomic E-state index is 0.346. The van der Waals surface area contributed by atoms with E-state index < -0.39 is 42.5 Å². The van der Waals surface area contributed by atoms with Crippen molar-refractivity contribution in [2.45, 2.75) is 38.6 Å². The fraction of sp³-hybridized carbons (Fsp3) is 0.500. The van der Waals surface area contributed by atoms with Gasteiger partial charge in [0.2, 0.25) is 0 Å². The van der Waals surface area contributed by atoms with Crippen LogP contribution in [-0.2, 0) is 19.1 Å². The lowest BCUT2D eigenvalue weighted by molar-refractivity contribution is -0.150. The van der Waals surface area contributed by atoms with Crippen LogP contribution in [-0.4, -0.2) is 61.6 Å². The number of hydrogen-bond acceptors (Lipinski definition) is 7. The van der Waals surface area contributed by atoms with E-state index in [9.17, 15) is 19.2 Å². The minimum atomic E-state index is -1.03. The van der Waals surface area contributed by atoms with E-state index in [0.29, 0.717) is 23.6 Å². The summed E-state index contributed by atoms with van der Waals surface area (Å²) in [6.45, 7) is 2.45. The van der Waals surface area contributed by atoms with Crippen molar-refractivity contribution in [3.05, 3.63) is 18.2 Å². The fourth-order valence-electron chi connectivity index (χ4n) is 3.01. The molecule has 10 heteroatoms. The van der Waals surface area contributed by atoms with Crippen LogP contribution >= 0.6 is 0 Å². The Morgan fingerprint density at radius 3 is 2.57 bits per heavy atom.